The predicted octanol–water partition coefficient (Wildman–Crippen LogP) is 3.73. The van der Waals surface area contributed by atoms with Crippen LogP contribution in [0.1, 0.15) is 39.5 Å². The van der Waals surface area contributed by atoms with Crippen molar-refractivity contribution >= 4 is 0 Å². The Kier molecular flexibility index (Phi) is 12.8. The van der Waals surface area contributed by atoms with E-state index < -0.39 is 12.2 Å². The number of aliphatic hydroxyl groups excluding tert-OH is 2. The topological polar surface area (TPSA) is 157 Å². The molecule has 0 fully saturated rings. The van der Waals surface area contributed by atoms with Crippen LogP contribution >= 0.6 is 0 Å². The van der Waals surface area contributed by atoms with Crippen LogP contribution in [-0.4, -0.2) is 87.2 Å². The highest BCUT2D eigenvalue weighted by atomic mass is 16.5. The maximum Gasteiger partial charge on any atom is 0.167 e. The second kappa shape index (κ2) is 16.6. The maximum absolute atomic E-state index is 10.6. The van der Waals surface area contributed by atoms with E-state index in [-0.39, 0.29) is 49.6 Å². The molecule has 0 aliphatic heterocycles. The molecule has 3 rings (SSSR count). The summed E-state index contributed by atoms with van der Waals surface area (Å²) >= 11 is 0. The zero-order chi connectivity index (χ0) is 28.7. The van der Waals surface area contributed by atoms with Crippen LogP contribution in [0.25, 0.3) is 22.8 Å². The second-order valence-electron chi connectivity index (χ2n) is 9.28. The Morgan fingerprint density at radius 1 is 0.675 bits per heavy atom. The second-order valence-corrected chi connectivity index (χ2v) is 9.28. The first-order valence-electron chi connectivity index (χ1n) is 13.5. The van der Waals surface area contributed by atoms with Gasteiger partial charge in [0.1, 0.15) is 54.7 Å². The van der Waals surface area contributed by atoms with Gasteiger partial charge in [-0.3, -0.25) is 0 Å². The summed E-state index contributed by atoms with van der Waals surface area (Å²) in [7, 11) is 0. The number of hydrogen-bond acceptors (Lipinski definition) is 11. The smallest absolute Gasteiger partial charge is 0.167 e. The molecule has 4 N–H and O–H groups in total. The lowest BCUT2D eigenvalue weighted by molar-refractivity contribution is 0.0113. The van der Waals surface area contributed by atoms with E-state index in [9.17, 15) is 20.4 Å². The quantitative estimate of drug-likeness (QED) is 0.169. The summed E-state index contributed by atoms with van der Waals surface area (Å²) in [6, 6.07) is 9.29. The van der Waals surface area contributed by atoms with Gasteiger partial charge in [0.05, 0.1) is 24.3 Å². The van der Waals surface area contributed by atoms with Crippen LogP contribution in [0.2, 0.25) is 0 Å². The molecule has 2 atom stereocenters. The van der Waals surface area contributed by atoms with E-state index in [1.54, 1.807) is 24.3 Å². The number of phenolic OH excluding ortho intramolecular Hbond substituents is 2. The molecule has 2 aromatic carbocycles. The number of nitrogens with zero attached hydrogens (tertiary/aromatic N) is 3. The summed E-state index contributed by atoms with van der Waals surface area (Å²) in [4.78, 5) is 12.7. The van der Waals surface area contributed by atoms with Gasteiger partial charge in [0, 0.05) is 25.3 Å². The molecule has 0 aliphatic rings. The molecule has 1 heterocycles. The number of aromatic hydroxyl groups is 2. The summed E-state index contributed by atoms with van der Waals surface area (Å²) in [5, 5.41) is 41.2. The highest BCUT2D eigenvalue weighted by Crippen LogP contribution is 2.34. The fourth-order valence-electron chi connectivity index (χ4n) is 3.55. The summed E-state index contributed by atoms with van der Waals surface area (Å²) < 4.78 is 21.9. The number of benzene rings is 2. The Hall–Kier alpha value is -3.51. The van der Waals surface area contributed by atoms with E-state index in [4.69, 9.17) is 18.9 Å². The first kappa shape index (κ1) is 31.0. The molecular formula is C29H39N3O8. The van der Waals surface area contributed by atoms with Crippen molar-refractivity contribution in [3.05, 3.63) is 42.7 Å². The Balaban J connectivity index is 1.60. The number of ether oxygens (including phenoxy) is 4. The van der Waals surface area contributed by atoms with Crippen molar-refractivity contribution in [3.63, 3.8) is 0 Å². The molecule has 0 spiro atoms. The minimum absolute atomic E-state index is 0.0193. The molecule has 218 valence electrons. The van der Waals surface area contributed by atoms with E-state index >= 15 is 0 Å². The van der Waals surface area contributed by atoms with E-state index in [0.717, 1.165) is 25.7 Å². The van der Waals surface area contributed by atoms with Gasteiger partial charge in [-0.25, -0.2) is 15.0 Å². The number of unbranched alkanes of at least 4 members (excludes halogenated alkanes) is 2. The minimum atomic E-state index is -0.788. The van der Waals surface area contributed by atoms with Crippen LogP contribution in [0.3, 0.4) is 0 Å². The largest absolute Gasteiger partial charge is 0.507 e. The van der Waals surface area contributed by atoms with Gasteiger partial charge in [-0.1, -0.05) is 26.7 Å². The van der Waals surface area contributed by atoms with Crippen LogP contribution in [0.4, 0.5) is 0 Å². The molecule has 0 radical (unpaired) electrons. The van der Waals surface area contributed by atoms with Gasteiger partial charge in [-0.2, -0.15) is 0 Å². The Morgan fingerprint density at radius 2 is 1.12 bits per heavy atom. The van der Waals surface area contributed by atoms with Gasteiger partial charge in [-0.05, 0) is 37.1 Å². The lowest BCUT2D eigenvalue weighted by Crippen LogP contribution is -2.23. The van der Waals surface area contributed by atoms with Crippen LogP contribution in [0.5, 0.6) is 23.0 Å². The van der Waals surface area contributed by atoms with Gasteiger partial charge in [0.2, 0.25) is 0 Å². The number of rotatable bonds is 18. The zero-order valence-electron chi connectivity index (χ0n) is 23.0. The highest BCUT2D eigenvalue weighted by molar-refractivity contribution is 5.69. The molecule has 0 saturated carbocycles. The molecular weight excluding hydrogens is 518 g/mol. The van der Waals surface area contributed by atoms with Crippen LogP contribution in [-0.2, 0) is 9.47 Å². The highest BCUT2D eigenvalue weighted by Gasteiger charge is 2.15. The molecule has 3 aromatic rings. The lowest BCUT2D eigenvalue weighted by Gasteiger charge is -2.14. The van der Waals surface area contributed by atoms with Crippen molar-refractivity contribution in [2.24, 2.45) is 0 Å². The van der Waals surface area contributed by atoms with Gasteiger partial charge >= 0.3 is 0 Å². The molecule has 2 unspecified atom stereocenters. The molecule has 0 bridgehead atoms. The summed E-state index contributed by atoms with van der Waals surface area (Å²) in [5.74, 6) is 0.902. The first-order valence-corrected chi connectivity index (χ1v) is 13.5. The first-order chi connectivity index (χ1) is 19.4. The van der Waals surface area contributed by atoms with Crippen molar-refractivity contribution in [2.45, 2.75) is 51.7 Å². The third-order valence-electron chi connectivity index (χ3n) is 5.78. The Morgan fingerprint density at radius 3 is 1.52 bits per heavy atom. The van der Waals surface area contributed by atoms with Crippen molar-refractivity contribution in [3.8, 4) is 45.8 Å². The van der Waals surface area contributed by atoms with Crippen molar-refractivity contribution in [2.75, 3.05) is 39.6 Å². The van der Waals surface area contributed by atoms with Crippen molar-refractivity contribution < 1.29 is 39.4 Å². The zero-order valence-corrected chi connectivity index (χ0v) is 23.0. The maximum atomic E-state index is 10.6. The molecule has 0 amide bonds. The standard InChI is InChI=1S/C29H39N3O8/c1-3-5-11-37-15-20(33)17-39-22-7-9-24(26(35)13-22)28-30-19-31-29(32-28)25-10-8-23(14-27(25)36)40-18-21(34)16-38-12-6-4-2/h7-10,13-14,19-21,33-36H,3-6,11-12,15-18H2,1-2H3. The van der Waals surface area contributed by atoms with Crippen LogP contribution < -0.4 is 9.47 Å². The van der Waals surface area contributed by atoms with Gasteiger partial charge < -0.3 is 39.4 Å². The van der Waals surface area contributed by atoms with E-state index in [1.807, 2.05) is 0 Å². The minimum Gasteiger partial charge on any atom is -0.507 e. The van der Waals surface area contributed by atoms with Crippen molar-refractivity contribution in [1.29, 1.82) is 0 Å². The van der Waals surface area contributed by atoms with E-state index in [1.165, 1.54) is 18.5 Å². The number of aliphatic hydroxyl groups is 2. The summed E-state index contributed by atoms with van der Waals surface area (Å²) in [6.45, 7) is 5.70. The molecule has 40 heavy (non-hydrogen) atoms. The van der Waals surface area contributed by atoms with E-state index in [0.29, 0.717) is 35.8 Å². The average molecular weight is 558 g/mol. The summed E-state index contributed by atoms with van der Waals surface area (Å²) in [6.07, 6.45) is 3.61. The fourth-order valence-corrected chi connectivity index (χ4v) is 3.55. The normalized spacial score (nSPS) is 12.7. The number of phenols is 2. The molecule has 11 nitrogen and oxygen atoms in total. The third-order valence-corrected chi connectivity index (χ3v) is 5.78. The van der Waals surface area contributed by atoms with Crippen LogP contribution in [0, 0.1) is 0 Å². The number of hydrogen-bond donors (Lipinski definition) is 4. The van der Waals surface area contributed by atoms with Crippen LogP contribution in [0.15, 0.2) is 42.7 Å². The molecule has 0 saturated heterocycles. The van der Waals surface area contributed by atoms with Gasteiger partial charge in [-0.15, -0.1) is 0 Å². The van der Waals surface area contributed by atoms with Gasteiger partial charge in [0.15, 0.2) is 11.6 Å². The predicted molar refractivity (Wildman–Crippen MR) is 148 cm³/mol. The Bertz CT molecular complexity index is 1090. The summed E-state index contributed by atoms with van der Waals surface area (Å²) in [5.41, 5.74) is 0.683. The monoisotopic (exact) mass is 557 g/mol. The third kappa shape index (κ3) is 9.91. The lowest BCUT2D eigenvalue weighted by atomic mass is 10.1. The SMILES string of the molecule is CCCCOCC(O)COc1ccc(-c2ncnc(-c3ccc(OCC(O)COCCCC)cc3O)n2)c(O)c1. The van der Waals surface area contributed by atoms with Gasteiger partial charge in [0.25, 0.3) is 0 Å². The van der Waals surface area contributed by atoms with E-state index in [2.05, 4.69) is 28.8 Å². The average Bonchev–Trinajstić information content (AvgIpc) is 2.95. The molecule has 1 aromatic heterocycles. The number of aromatic nitrogens is 3. The molecule has 11 heteroatoms. The molecule has 0 aliphatic carbocycles. The van der Waals surface area contributed by atoms with Crippen molar-refractivity contribution in [1.82, 2.24) is 15.0 Å². The Labute approximate surface area is 234 Å². The fraction of sp³-hybridized carbons (Fsp3) is 0.483.